The van der Waals surface area contributed by atoms with Crippen LogP contribution < -0.4 is 4.74 Å². The first-order valence-corrected chi connectivity index (χ1v) is 4.55. The van der Waals surface area contributed by atoms with Crippen LogP contribution in [0, 0.1) is 0 Å². The number of benzene rings is 1. The van der Waals surface area contributed by atoms with Crippen LogP contribution in [0.1, 0.15) is 10.4 Å². The Labute approximate surface area is 79.0 Å². The molecule has 1 heterocycles. The normalized spacial score (nSPS) is 10.2. The first kappa shape index (κ1) is 8.19. The fourth-order valence-electron chi connectivity index (χ4n) is 1.13. The Hall–Kier alpha value is -1.42. The monoisotopic (exact) mass is 193 g/mol. The molecule has 4 heteroatoms. The smallest absolute Gasteiger partial charge is 0.274 e. The predicted molar refractivity (Wildman–Crippen MR) is 51.6 cm³/mol. The van der Waals surface area contributed by atoms with Gasteiger partial charge in [-0.3, -0.25) is 4.79 Å². The summed E-state index contributed by atoms with van der Waals surface area (Å²) in [5, 5.41) is 0.587. The van der Waals surface area contributed by atoms with Gasteiger partial charge in [-0.2, -0.15) is 0 Å². The molecule has 1 aromatic heterocycles. The molecule has 0 fully saturated rings. The van der Waals surface area contributed by atoms with Crippen molar-refractivity contribution in [1.82, 2.24) is 4.98 Å². The maximum atomic E-state index is 10.7. The second-order valence-electron chi connectivity index (χ2n) is 2.50. The Morgan fingerprint density at radius 3 is 3.08 bits per heavy atom. The summed E-state index contributed by atoms with van der Waals surface area (Å²) in [5.74, 6) is 0. The van der Waals surface area contributed by atoms with Gasteiger partial charge in [0.15, 0.2) is 6.29 Å². The minimum absolute atomic E-state index is 0.587. The summed E-state index contributed by atoms with van der Waals surface area (Å²) in [4.78, 5) is 14.8. The van der Waals surface area contributed by atoms with Gasteiger partial charge >= 0.3 is 0 Å². The molecule has 0 amide bonds. The van der Waals surface area contributed by atoms with Crippen LogP contribution in [0.15, 0.2) is 18.2 Å². The van der Waals surface area contributed by atoms with Crippen LogP contribution in [0.25, 0.3) is 10.2 Å². The van der Waals surface area contributed by atoms with Crippen molar-refractivity contribution in [2.24, 2.45) is 0 Å². The zero-order chi connectivity index (χ0) is 9.26. The summed E-state index contributed by atoms with van der Waals surface area (Å²) < 4.78 is 5.87. The number of carbonyl (C=O) groups is 1. The number of carbonyl (C=O) groups excluding carboxylic acids is 1. The van der Waals surface area contributed by atoms with Crippen LogP contribution in [0.5, 0.6) is 5.19 Å². The molecule has 0 aliphatic carbocycles. The molecule has 0 spiro atoms. The van der Waals surface area contributed by atoms with Crippen molar-refractivity contribution < 1.29 is 9.53 Å². The van der Waals surface area contributed by atoms with Crippen LogP contribution in [-0.4, -0.2) is 18.4 Å². The van der Waals surface area contributed by atoms with Crippen molar-refractivity contribution in [3.63, 3.8) is 0 Å². The fraction of sp³-hybridized carbons (Fsp3) is 0.111. The van der Waals surface area contributed by atoms with Gasteiger partial charge in [0.25, 0.3) is 5.19 Å². The first-order valence-electron chi connectivity index (χ1n) is 3.74. The Kier molecular flexibility index (Phi) is 1.98. The maximum Gasteiger partial charge on any atom is 0.274 e. The second-order valence-corrected chi connectivity index (χ2v) is 3.46. The number of hydrogen-bond acceptors (Lipinski definition) is 4. The van der Waals surface area contributed by atoms with Gasteiger partial charge in [-0.05, 0) is 6.07 Å². The molecule has 2 rings (SSSR count). The topological polar surface area (TPSA) is 39.2 Å². The molecule has 0 unspecified atom stereocenters. The molecular formula is C9H7NO2S. The number of aldehydes is 1. The van der Waals surface area contributed by atoms with Crippen LogP contribution in [0.3, 0.4) is 0 Å². The number of nitrogens with zero attached hydrogens (tertiary/aromatic N) is 1. The van der Waals surface area contributed by atoms with Gasteiger partial charge < -0.3 is 4.74 Å². The predicted octanol–water partition coefficient (Wildman–Crippen LogP) is 2.12. The van der Waals surface area contributed by atoms with Crippen molar-refractivity contribution in [2.45, 2.75) is 0 Å². The highest BCUT2D eigenvalue weighted by Gasteiger charge is 2.06. The molecule has 1 aromatic carbocycles. The van der Waals surface area contributed by atoms with E-state index in [-0.39, 0.29) is 0 Å². The summed E-state index contributed by atoms with van der Waals surface area (Å²) in [6.07, 6.45) is 0.833. The lowest BCUT2D eigenvalue weighted by Gasteiger charge is -1.88. The van der Waals surface area contributed by atoms with E-state index in [1.54, 1.807) is 13.2 Å². The molecule has 0 N–H and O–H groups in total. The number of aromatic nitrogens is 1. The number of methoxy groups -OCH3 is 1. The number of ether oxygens (including phenoxy) is 1. The minimum Gasteiger partial charge on any atom is -0.473 e. The quantitative estimate of drug-likeness (QED) is 0.686. The third kappa shape index (κ3) is 1.29. The van der Waals surface area contributed by atoms with Crippen molar-refractivity contribution >= 4 is 27.8 Å². The molecular weight excluding hydrogens is 186 g/mol. The molecule has 0 aliphatic heterocycles. The van der Waals surface area contributed by atoms with Crippen LogP contribution in [-0.2, 0) is 0 Å². The van der Waals surface area contributed by atoms with E-state index in [1.807, 2.05) is 12.1 Å². The maximum absolute atomic E-state index is 10.7. The second kappa shape index (κ2) is 3.14. The van der Waals surface area contributed by atoms with Gasteiger partial charge in [-0.15, -0.1) is 0 Å². The zero-order valence-electron chi connectivity index (χ0n) is 6.98. The lowest BCUT2D eigenvalue weighted by atomic mass is 10.2. The van der Waals surface area contributed by atoms with Gasteiger partial charge in [-0.25, -0.2) is 4.98 Å². The highest BCUT2D eigenvalue weighted by atomic mass is 32.1. The molecule has 0 bridgehead atoms. The summed E-state index contributed by atoms with van der Waals surface area (Å²) in [6, 6.07) is 5.44. The number of hydrogen-bond donors (Lipinski definition) is 0. The molecule has 2 aromatic rings. The molecule has 13 heavy (non-hydrogen) atoms. The number of thiazole rings is 1. The largest absolute Gasteiger partial charge is 0.473 e. The molecule has 0 aliphatic rings. The van der Waals surface area contributed by atoms with Gasteiger partial charge in [0, 0.05) is 5.56 Å². The van der Waals surface area contributed by atoms with Gasteiger partial charge in [0.1, 0.15) is 0 Å². The zero-order valence-corrected chi connectivity index (χ0v) is 7.80. The van der Waals surface area contributed by atoms with Crippen molar-refractivity contribution in [2.75, 3.05) is 7.11 Å². The van der Waals surface area contributed by atoms with Gasteiger partial charge in [0.05, 0.1) is 17.3 Å². The fourth-order valence-corrected chi connectivity index (χ4v) is 1.98. The third-order valence-corrected chi connectivity index (χ3v) is 2.81. The lowest BCUT2D eigenvalue weighted by Crippen LogP contribution is -1.79. The van der Waals surface area contributed by atoms with Crippen LogP contribution in [0.2, 0.25) is 0 Å². The van der Waals surface area contributed by atoms with Crippen molar-refractivity contribution in [1.29, 1.82) is 0 Å². The highest BCUT2D eigenvalue weighted by Crippen LogP contribution is 2.29. The van der Waals surface area contributed by atoms with Gasteiger partial charge in [-0.1, -0.05) is 23.5 Å². The van der Waals surface area contributed by atoms with Crippen LogP contribution >= 0.6 is 11.3 Å². The lowest BCUT2D eigenvalue weighted by molar-refractivity contribution is 0.112. The summed E-state index contributed by atoms with van der Waals surface area (Å²) in [6.45, 7) is 0. The SMILES string of the molecule is COc1nc2cccc(C=O)c2s1. The van der Waals surface area contributed by atoms with E-state index < -0.39 is 0 Å². The van der Waals surface area contributed by atoms with E-state index in [9.17, 15) is 4.79 Å². The van der Waals surface area contributed by atoms with E-state index >= 15 is 0 Å². The Morgan fingerprint density at radius 1 is 1.54 bits per heavy atom. The molecule has 0 atom stereocenters. The molecule has 3 nitrogen and oxygen atoms in total. The molecule has 0 saturated heterocycles. The average molecular weight is 193 g/mol. The molecule has 66 valence electrons. The Bertz CT molecular complexity index is 450. The van der Waals surface area contributed by atoms with E-state index in [0.717, 1.165) is 16.5 Å². The first-order chi connectivity index (χ1) is 6.35. The highest BCUT2D eigenvalue weighted by molar-refractivity contribution is 7.20. The van der Waals surface area contributed by atoms with E-state index in [0.29, 0.717) is 10.8 Å². The number of fused-ring (bicyclic) bond motifs is 1. The summed E-state index contributed by atoms with van der Waals surface area (Å²) in [7, 11) is 1.57. The van der Waals surface area contributed by atoms with E-state index in [1.165, 1.54) is 11.3 Å². The Balaban J connectivity index is 2.74. The third-order valence-electron chi connectivity index (χ3n) is 1.73. The minimum atomic E-state index is 0.587. The van der Waals surface area contributed by atoms with Crippen molar-refractivity contribution in [3.05, 3.63) is 23.8 Å². The van der Waals surface area contributed by atoms with E-state index in [2.05, 4.69) is 4.98 Å². The van der Waals surface area contributed by atoms with Crippen molar-refractivity contribution in [3.8, 4) is 5.19 Å². The number of rotatable bonds is 2. The van der Waals surface area contributed by atoms with Gasteiger partial charge in [0.2, 0.25) is 0 Å². The summed E-state index contributed by atoms with van der Waals surface area (Å²) >= 11 is 1.38. The molecule has 0 saturated carbocycles. The average Bonchev–Trinajstić information content (AvgIpc) is 2.59. The van der Waals surface area contributed by atoms with Crippen LogP contribution in [0.4, 0.5) is 0 Å². The standard InChI is InChI=1S/C9H7NO2S/c1-12-9-10-7-4-2-3-6(5-11)8(7)13-9/h2-5H,1H3. The Morgan fingerprint density at radius 2 is 2.38 bits per heavy atom. The van der Waals surface area contributed by atoms with E-state index in [4.69, 9.17) is 4.74 Å². The molecule has 0 radical (unpaired) electrons. The summed E-state index contributed by atoms with van der Waals surface area (Å²) in [5.41, 5.74) is 1.48.